The number of hydrogen-bond donors (Lipinski definition) is 1. The van der Waals surface area contributed by atoms with Crippen LogP contribution in [0.4, 0.5) is 4.39 Å². The van der Waals surface area contributed by atoms with E-state index in [9.17, 15) is 9.18 Å². The minimum Gasteiger partial charge on any atom is -0.339 e. The number of rotatable bonds is 4. The number of hydrogen-bond acceptors (Lipinski definition) is 2. The van der Waals surface area contributed by atoms with Gasteiger partial charge in [-0.05, 0) is 31.5 Å². The Labute approximate surface area is 107 Å². The molecule has 0 aromatic heterocycles. The maximum Gasteiger partial charge on any atom is 0.256 e. The Hall–Kier alpha value is -1.03. The Morgan fingerprint density at radius 1 is 1.53 bits per heavy atom. The standard InChI is InChI=1S/C13H18FNOS/c1-4-5-9(2)15(3)13(16)11-8-10(17)6-7-12(11)14/h6-9,17H,4-5H2,1-3H3. The van der Waals surface area contributed by atoms with Gasteiger partial charge in [-0.3, -0.25) is 4.79 Å². The molecule has 0 N–H and O–H groups in total. The molecule has 2 nitrogen and oxygen atoms in total. The zero-order chi connectivity index (χ0) is 13.0. The van der Waals surface area contributed by atoms with E-state index >= 15 is 0 Å². The highest BCUT2D eigenvalue weighted by atomic mass is 32.1. The van der Waals surface area contributed by atoms with Crippen molar-refractivity contribution in [2.24, 2.45) is 0 Å². The highest BCUT2D eigenvalue weighted by Gasteiger charge is 2.20. The van der Waals surface area contributed by atoms with Gasteiger partial charge < -0.3 is 4.90 Å². The van der Waals surface area contributed by atoms with Gasteiger partial charge in [0.1, 0.15) is 5.82 Å². The maximum absolute atomic E-state index is 13.5. The highest BCUT2D eigenvalue weighted by Crippen LogP contribution is 2.17. The fraction of sp³-hybridized carbons (Fsp3) is 0.462. The summed E-state index contributed by atoms with van der Waals surface area (Å²) >= 11 is 4.12. The first kappa shape index (κ1) is 14.0. The van der Waals surface area contributed by atoms with Crippen LogP contribution in [-0.2, 0) is 0 Å². The minimum absolute atomic E-state index is 0.0861. The lowest BCUT2D eigenvalue weighted by Crippen LogP contribution is -2.35. The van der Waals surface area contributed by atoms with E-state index in [0.29, 0.717) is 4.90 Å². The third-order valence-electron chi connectivity index (χ3n) is 2.87. The SMILES string of the molecule is CCCC(C)N(C)C(=O)c1cc(S)ccc1F. The van der Waals surface area contributed by atoms with E-state index in [1.165, 1.54) is 18.2 Å². The Kier molecular flexibility index (Phi) is 5.00. The van der Waals surface area contributed by atoms with Crippen LogP contribution in [0.1, 0.15) is 37.0 Å². The Morgan fingerprint density at radius 2 is 2.18 bits per heavy atom. The molecule has 0 heterocycles. The molecule has 1 unspecified atom stereocenters. The van der Waals surface area contributed by atoms with Gasteiger partial charge in [-0.25, -0.2) is 4.39 Å². The van der Waals surface area contributed by atoms with Crippen molar-refractivity contribution in [3.05, 3.63) is 29.6 Å². The molecule has 0 saturated heterocycles. The van der Waals surface area contributed by atoms with Gasteiger partial charge in [-0.15, -0.1) is 12.6 Å². The molecule has 0 aliphatic heterocycles. The molecule has 1 atom stereocenters. The second-order valence-corrected chi connectivity index (χ2v) is 4.73. The van der Waals surface area contributed by atoms with Crippen LogP contribution in [0.2, 0.25) is 0 Å². The first-order chi connectivity index (χ1) is 7.97. The molecule has 94 valence electrons. The third-order valence-corrected chi connectivity index (χ3v) is 3.15. The molecule has 0 saturated carbocycles. The number of thiol groups is 1. The molecule has 4 heteroatoms. The summed E-state index contributed by atoms with van der Waals surface area (Å²) in [5, 5.41) is 0. The van der Waals surface area contributed by atoms with Crippen LogP contribution >= 0.6 is 12.6 Å². The molecule has 1 amide bonds. The molecule has 0 fully saturated rings. The molecular weight excluding hydrogens is 237 g/mol. The lowest BCUT2D eigenvalue weighted by atomic mass is 10.1. The summed E-state index contributed by atoms with van der Waals surface area (Å²) in [6.07, 6.45) is 1.90. The fourth-order valence-electron chi connectivity index (χ4n) is 1.68. The van der Waals surface area contributed by atoms with Gasteiger partial charge in [-0.2, -0.15) is 0 Å². The topological polar surface area (TPSA) is 20.3 Å². The maximum atomic E-state index is 13.5. The average molecular weight is 255 g/mol. The molecule has 0 spiro atoms. The molecular formula is C13H18FNOS. The van der Waals surface area contributed by atoms with Gasteiger partial charge in [0.25, 0.3) is 5.91 Å². The normalized spacial score (nSPS) is 12.3. The van der Waals surface area contributed by atoms with Gasteiger partial charge in [-0.1, -0.05) is 13.3 Å². The van der Waals surface area contributed by atoms with Gasteiger partial charge in [0, 0.05) is 18.0 Å². The minimum atomic E-state index is -0.497. The smallest absolute Gasteiger partial charge is 0.256 e. The first-order valence-corrected chi connectivity index (χ1v) is 6.17. The summed E-state index contributed by atoms with van der Waals surface area (Å²) in [6, 6.07) is 4.38. The van der Waals surface area contributed by atoms with E-state index in [0.717, 1.165) is 12.8 Å². The predicted octanol–water partition coefficient (Wildman–Crippen LogP) is 3.38. The zero-order valence-electron chi connectivity index (χ0n) is 10.4. The number of nitrogens with zero attached hydrogens (tertiary/aromatic N) is 1. The Balaban J connectivity index is 2.92. The van der Waals surface area contributed by atoms with Gasteiger partial charge >= 0.3 is 0 Å². The second kappa shape index (κ2) is 6.05. The van der Waals surface area contributed by atoms with Gasteiger partial charge in [0.05, 0.1) is 5.56 Å². The summed E-state index contributed by atoms with van der Waals surface area (Å²) in [6.45, 7) is 4.02. The summed E-state index contributed by atoms with van der Waals surface area (Å²) in [7, 11) is 1.70. The number of amides is 1. The summed E-state index contributed by atoms with van der Waals surface area (Å²) in [5.41, 5.74) is 0.0861. The molecule has 17 heavy (non-hydrogen) atoms. The quantitative estimate of drug-likeness (QED) is 0.818. The van der Waals surface area contributed by atoms with Crippen molar-refractivity contribution in [1.29, 1.82) is 0 Å². The molecule has 1 aromatic carbocycles. The van der Waals surface area contributed by atoms with Crippen LogP contribution in [0.5, 0.6) is 0 Å². The number of halogens is 1. The van der Waals surface area contributed by atoms with E-state index in [-0.39, 0.29) is 17.5 Å². The van der Waals surface area contributed by atoms with Crippen molar-refractivity contribution >= 4 is 18.5 Å². The van der Waals surface area contributed by atoms with Crippen molar-refractivity contribution in [2.45, 2.75) is 37.6 Å². The zero-order valence-corrected chi connectivity index (χ0v) is 11.3. The van der Waals surface area contributed by atoms with Gasteiger partial charge in [0.2, 0.25) is 0 Å². The molecule has 0 radical (unpaired) electrons. The predicted molar refractivity (Wildman–Crippen MR) is 70.1 cm³/mol. The van der Waals surface area contributed by atoms with E-state index < -0.39 is 5.82 Å². The molecule has 0 aliphatic rings. The summed E-state index contributed by atoms with van der Waals surface area (Å²) in [5.74, 6) is -0.789. The van der Waals surface area contributed by atoms with Crippen LogP contribution in [-0.4, -0.2) is 23.9 Å². The average Bonchev–Trinajstić information content (AvgIpc) is 2.30. The first-order valence-electron chi connectivity index (χ1n) is 5.73. The van der Waals surface area contributed by atoms with Crippen LogP contribution < -0.4 is 0 Å². The molecule has 0 aliphatic carbocycles. The van der Waals surface area contributed by atoms with Crippen LogP contribution in [0.15, 0.2) is 23.1 Å². The largest absolute Gasteiger partial charge is 0.339 e. The molecule has 1 rings (SSSR count). The van der Waals surface area contributed by atoms with Crippen molar-refractivity contribution in [3.63, 3.8) is 0 Å². The van der Waals surface area contributed by atoms with Crippen LogP contribution in [0.3, 0.4) is 0 Å². The summed E-state index contributed by atoms with van der Waals surface area (Å²) < 4.78 is 13.5. The fourth-order valence-corrected chi connectivity index (χ4v) is 1.88. The van der Waals surface area contributed by atoms with Crippen molar-refractivity contribution in [1.82, 2.24) is 4.90 Å². The van der Waals surface area contributed by atoms with E-state index in [1.54, 1.807) is 11.9 Å². The molecule has 0 bridgehead atoms. The van der Waals surface area contributed by atoms with E-state index in [4.69, 9.17) is 0 Å². The number of carbonyl (C=O) groups excluding carboxylic acids is 1. The summed E-state index contributed by atoms with van der Waals surface area (Å²) in [4.78, 5) is 14.3. The third kappa shape index (κ3) is 3.46. The van der Waals surface area contributed by atoms with Crippen LogP contribution in [0, 0.1) is 5.82 Å². The van der Waals surface area contributed by atoms with E-state index in [2.05, 4.69) is 19.6 Å². The van der Waals surface area contributed by atoms with Crippen molar-refractivity contribution < 1.29 is 9.18 Å². The van der Waals surface area contributed by atoms with E-state index in [1.807, 2.05) is 6.92 Å². The Bertz CT molecular complexity index is 408. The number of carbonyl (C=O) groups is 1. The Morgan fingerprint density at radius 3 is 2.76 bits per heavy atom. The lowest BCUT2D eigenvalue weighted by Gasteiger charge is -2.25. The monoisotopic (exact) mass is 255 g/mol. The van der Waals surface area contributed by atoms with Crippen molar-refractivity contribution in [2.75, 3.05) is 7.05 Å². The highest BCUT2D eigenvalue weighted by molar-refractivity contribution is 7.80. The van der Waals surface area contributed by atoms with Crippen molar-refractivity contribution in [3.8, 4) is 0 Å². The molecule has 1 aromatic rings. The lowest BCUT2D eigenvalue weighted by molar-refractivity contribution is 0.0731. The number of benzene rings is 1. The van der Waals surface area contributed by atoms with Gasteiger partial charge in [0.15, 0.2) is 0 Å². The second-order valence-electron chi connectivity index (χ2n) is 4.22. The van der Waals surface area contributed by atoms with Crippen LogP contribution in [0.25, 0.3) is 0 Å².